The molecule has 37 heavy (non-hydrogen) atoms. The number of rotatable bonds is 6. The third-order valence-corrected chi connectivity index (χ3v) is 5.78. The Balaban J connectivity index is 1.41. The number of Topliss-reactive ketones (excluding diaryl/α,β-unsaturated/α-hetero) is 1. The average molecular weight is 494 g/mol. The lowest BCUT2D eigenvalue weighted by atomic mass is 10.1. The van der Waals surface area contributed by atoms with Gasteiger partial charge in [0.15, 0.2) is 5.76 Å². The van der Waals surface area contributed by atoms with Gasteiger partial charge in [0.1, 0.15) is 23.0 Å². The quantitative estimate of drug-likeness (QED) is 0.280. The van der Waals surface area contributed by atoms with Gasteiger partial charge in [-0.05, 0) is 60.7 Å². The Morgan fingerprint density at radius 2 is 1.43 bits per heavy atom. The zero-order valence-electron chi connectivity index (χ0n) is 20.2. The summed E-state index contributed by atoms with van der Waals surface area (Å²) in [5.74, 6) is 1.57. The van der Waals surface area contributed by atoms with Crippen LogP contribution in [0.2, 0.25) is 0 Å². The number of hydrogen-bond donors (Lipinski definition) is 0. The molecule has 0 radical (unpaired) electrons. The molecule has 5 rings (SSSR count). The van der Waals surface area contributed by atoms with Crippen LogP contribution in [0, 0.1) is 0 Å². The number of methoxy groups -OCH3 is 2. The molecular weight excluding hydrogens is 470 g/mol. The van der Waals surface area contributed by atoms with Crippen LogP contribution in [0.15, 0.2) is 103 Å². The maximum atomic E-state index is 13.3. The number of ketones is 1. The van der Waals surface area contributed by atoms with Crippen molar-refractivity contribution in [2.24, 2.45) is 0 Å². The van der Waals surface area contributed by atoms with E-state index in [1.807, 2.05) is 60.7 Å². The van der Waals surface area contributed by atoms with Gasteiger partial charge < -0.3 is 18.9 Å². The van der Waals surface area contributed by atoms with Gasteiger partial charge in [0, 0.05) is 11.6 Å². The highest BCUT2D eigenvalue weighted by molar-refractivity contribution is 6.14. The van der Waals surface area contributed by atoms with Crippen molar-refractivity contribution in [3.8, 4) is 23.0 Å². The number of para-hydroxylation sites is 2. The molecule has 4 aromatic rings. The van der Waals surface area contributed by atoms with Gasteiger partial charge in [0.05, 0.1) is 31.2 Å². The van der Waals surface area contributed by atoms with Gasteiger partial charge in [-0.3, -0.25) is 4.79 Å². The molecule has 0 unspecified atom stereocenters. The summed E-state index contributed by atoms with van der Waals surface area (Å²) in [6, 6.07) is 28.4. The smallest absolute Gasteiger partial charge is 0.424 e. The molecule has 184 valence electrons. The number of amides is 1. The maximum absolute atomic E-state index is 13.3. The van der Waals surface area contributed by atoms with Gasteiger partial charge in [-0.2, -0.15) is 0 Å². The minimum Gasteiger partial charge on any atom is -0.497 e. The van der Waals surface area contributed by atoms with Crippen molar-refractivity contribution in [2.75, 3.05) is 19.1 Å². The topological polar surface area (TPSA) is 74.3 Å². The van der Waals surface area contributed by atoms with Crippen molar-refractivity contribution in [3.63, 3.8) is 0 Å². The molecule has 0 N–H and O–H groups in total. The molecule has 4 aromatic carbocycles. The molecule has 0 aliphatic carbocycles. The van der Waals surface area contributed by atoms with E-state index in [0.29, 0.717) is 39.8 Å². The lowest BCUT2D eigenvalue weighted by Gasteiger charge is -2.22. The summed E-state index contributed by atoms with van der Waals surface area (Å²) in [4.78, 5) is 27.7. The fourth-order valence-corrected chi connectivity index (χ4v) is 3.98. The average Bonchev–Trinajstić information content (AvgIpc) is 3.24. The Morgan fingerprint density at radius 3 is 2.05 bits per heavy atom. The number of allylic oxidation sites excluding steroid dienone is 1. The summed E-state index contributed by atoms with van der Waals surface area (Å²) < 4.78 is 22.2. The zero-order chi connectivity index (χ0) is 25.8. The summed E-state index contributed by atoms with van der Waals surface area (Å²) in [5, 5.41) is 0. The van der Waals surface area contributed by atoms with Crippen molar-refractivity contribution in [3.05, 3.63) is 114 Å². The maximum Gasteiger partial charge on any atom is 0.424 e. The molecule has 1 heterocycles. The molecule has 0 spiro atoms. The van der Waals surface area contributed by atoms with Gasteiger partial charge in [-0.1, -0.05) is 36.4 Å². The molecule has 0 saturated heterocycles. The Labute approximate surface area is 214 Å². The molecule has 0 atom stereocenters. The molecule has 0 bridgehead atoms. The molecule has 0 saturated carbocycles. The summed E-state index contributed by atoms with van der Waals surface area (Å²) >= 11 is 0. The van der Waals surface area contributed by atoms with E-state index in [1.165, 1.54) is 11.0 Å². The summed E-state index contributed by atoms with van der Waals surface area (Å²) in [5.41, 5.74) is 2.31. The monoisotopic (exact) mass is 493 g/mol. The molecule has 1 amide bonds. The number of carbonyl (C=O) groups is 2. The first-order valence-corrected chi connectivity index (χ1v) is 11.5. The SMILES string of the molecule is COc1ccc(OC)c(C=C2Oc3cc(OC(=O)N(c4ccccc4)c4ccccc4)ccc3C2=O)c1. The highest BCUT2D eigenvalue weighted by atomic mass is 16.6. The van der Waals surface area contributed by atoms with E-state index in [-0.39, 0.29) is 17.3 Å². The van der Waals surface area contributed by atoms with Crippen molar-refractivity contribution in [1.29, 1.82) is 0 Å². The van der Waals surface area contributed by atoms with Crippen LogP contribution in [0.3, 0.4) is 0 Å². The number of hydrogen-bond acceptors (Lipinski definition) is 6. The molecule has 7 heteroatoms. The van der Waals surface area contributed by atoms with Crippen LogP contribution in [0.1, 0.15) is 15.9 Å². The predicted molar refractivity (Wildman–Crippen MR) is 140 cm³/mol. The first-order valence-electron chi connectivity index (χ1n) is 11.5. The highest BCUT2D eigenvalue weighted by Crippen LogP contribution is 2.37. The number of anilines is 2. The van der Waals surface area contributed by atoms with Crippen LogP contribution >= 0.6 is 0 Å². The number of ether oxygens (including phenoxy) is 4. The number of benzene rings is 4. The molecule has 7 nitrogen and oxygen atoms in total. The Hall–Kier alpha value is -5.04. The van der Waals surface area contributed by atoms with Crippen molar-refractivity contribution >= 4 is 29.3 Å². The van der Waals surface area contributed by atoms with Gasteiger partial charge in [-0.25, -0.2) is 9.69 Å². The Kier molecular flexibility index (Phi) is 6.59. The van der Waals surface area contributed by atoms with Crippen LogP contribution in [-0.4, -0.2) is 26.1 Å². The van der Waals surface area contributed by atoms with Gasteiger partial charge in [0.25, 0.3) is 0 Å². The highest BCUT2D eigenvalue weighted by Gasteiger charge is 2.29. The molecular formula is C30H23NO6. The van der Waals surface area contributed by atoms with E-state index >= 15 is 0 Å². The predicted octanol–water partition coefficient (Wildman–Crippen LogP) is 6.66. The van der Waals surface area contributed by atoms with Gasteiger partial charge in [0.2, 0.25) is 5.78 Å². The second kappa shape index (κ2) is 10.3. The lowest BCUT2D eigenvalue weighted by Crippen LogP contribution is -2.29. The van der Waals surface area contributed by atoms with Crippen LogP contribution < -0.4 is 23.8 Å². The fourth-order valence-electron chi connectivity index (χ4n) is 3.98. The summed E-state index contributed by atoms with van der Waals surface area (Å²) in [6.45, 7) is 0. The van der Waals surface area contributed by atoms with Gasteiger partial charge >= 0.3 is 6.09 Å². The van der Waals surface area contributed by atoms with Crippen LogP contribution in [0.25, 0.3) is 6.08 Å². The van der Waals surface area contributed by atoms with E-state index in [0.717, 1.165) is 0 Å². The van der Waals surface area contributed by atoms with Crippen molar-refractivity contribution < 1.29 is 28.5 Å². The fraction of sp³-hybridized carbons (Fsp3) is 0.0667. The minimum absolute atomic E-state index is 0.125. The van der Waals surface area contributed by atoms with Gasteiger partial charge in [-0.15, -0.1) is 0 Å². The van der Waals surface area contributed by atoms with Crippen LogP contribution in [0.5, 0.6) is 23.0 Å². The standard InChI is InChI=1S/C30H23NO6/c1-34-23-14-16-26(35-2)20(17-23)18-28-29(32)25-15-13-24(19-27(25)37-28)36-30(33)31(21-9-5-3-6-10-21)22-11-7-4-8-12-22/h3-19H,1-2H3. The van der Waals surface area contributed by atoms with E-state index in [4.69, 9.17) is 18.9 Å². The lowest BCUT2D eigenvalue weighted by molar-refractivity contribution is 0.101. The summed E-state index contributed by atoms with van der Waals surface area (Å²) in [7, 11) is 3.11. The Bertz CT molecular complexity index is 1440. The number of nitrogens with zero attached hydrogens (tertiary/aromatic N) is 1. The summed E-state index contributed by atoms with van der Waals surface area (Å²) in [6.07, 6.45) is 1.00. The first kappa shape index (κ1) is 23.7. The number of fused-ring (bicyclic) bond motifs is 1. The Morgan fingerprint density at radius 1 is 0.784 bits per heavy atom. The molecule has 1 aliphatic heterocycles. The zero-order valence-corrected chi connectivity index (χ0v) is 20.2. The third kappa shape index (κ3) is 4.88. The molecule has 0 aromatic heterocycles. The van der Waals surface area contributed by atoms with Crippen molar-refractivity contribution in [1.82, 2.24) is 0 Å². The normalized spacial score (nSPS) is 13.0. The largest absolute Gasteiger partial charge is 0.497 e. The van der Waals surface area contributed by atoms with Crippen LogP contribution in [-0.2, 0) is 0 Å². The second-order valence-corrected chi connectivity index (χ2v) is 8.08. The van der Waals surface area contributed by atoms with E-state index in [9.17, 15) is 9.59 Å². The minimum atomic E-state index is -0.599. The third-order valence-electron chi connectivity index (χ3n) is 5.78. The number of carbonyl (C=O) groups excluding carboxylic acids is 2. The van der Waals surface area contributed by atoms with Crippen LogP contribution in [0.4, 0.5) is 16.2 Å². The molecule has 0 fully saturated rings. The van der Waals surface area contributed by atoms with E-state index in [2.05, 4.69) is 0 Å². The van der Waals surface area contributed by atoms with E-state index < -0.39 is 6.09 Å². The van der Waals surface area contributed by atoms with Crippen molar-refractivity contribution in [2.45, 2.75) is 0 Å². The second-order valence-electron chi connectivity index (χ2n) is 8.08. The molecule has 1 aliphatic rings. The van der Waals surface area contributed by atoms with E-state index in [1.54, 1.807) is 50.6 Å². The first-order chi connectivity index (χ1) is 18.1.